The summed E-state index contributed by atoms with van der Waals surface area (Å²) in [7, 11) is 3.56. The van der Waals surface area contributed by atoms with Crippen LogP contribution >= 0.6 is 0 Å². The van der Waals surface area contributed by atoms with Crippen molar-refractivity contribution in [2.24, 2.45) is 5.41 Å². The van der Waals surface area contributed by atoms with Crippen LogP contribution in [0.2, 0.25) is 0 Å². The number of nitrogens with zero attached hydrogens (tertiary/aromatic N) is 1. The third-order valence-corrected chi connectivity index (χ3v) is 4.44. The molecule has 0 radical (unpaired) electrons. The smallest absolute Gasteiger partial charge is 0.0589 e. The van der Waals surface area contributed by atoms with Gasteiger partial charge < -0.3 is 14.8 Å². The van der Waals surface area contributed by atoms with Gasteiger partial charge in [-0.25, -0.2) is 0 Å². The number of methoxy groups -OCH3 is 2. The average molecular weight is 300 g/mol. The lowest BCUT2D eigenvalue weighted by molar-refractivity contribution is 0.0770. The lowest BCUT2D eigenvalue weighted by atomic mass is 9.84. The van der Waals surface area contributed by atoms with Crippen LogP contribution in [-0.4, -0.2) is 64.1 Å². The number of hydrogen-bond acceptors (Lipinski definition) is 4. The van der Waals surface area contributed by atoms with E-state index in [0.717, 1.165) is 39.4 Å². The Balaban J connectivity index is 2.59. The van der Waals surface area contributed by atoms with Crippen LogP contribution in [0.4, 0.5) is 0 Å². The van der Waals surface area contributed by atoms with E-state index in [0.29, 0.717) is 5.41 Å². The SMILES string of the molecule is COCCN(CCOC)CC1(CNC(C)(C)C)CCCC1. The summed E-state index contributed by atoms with van der Waals surface area (Å²) < 4.78 is 10.5. The highest BCUT2D eigenvalue weighted by Gasteiger charge is 2.36. The lowest BCUT2D eigenvalue weighted by Crippen LogP contribution is -2.48. The first-order chi connectivity index (χ1) is 9.91. The van der Waals surface area contributed by atoms with Gasteiger partial charge in [0.2, 0.25) is 0 Å². The van der Waals surface area contributed by atoms with Crippen molar-refractivity contribution in [1.29, 1.82) is 0 Å². The quantitative estimate of drug-likeness (QED) is 0.672. The Kier molecular flexibility index (Phi) is 8.17. The van der Waals surface area contributed by atoms with E-state index in [2.05, 4.69) is 31.0 Å². The van der Waals surface area contributed by atoms with E-state index in [9.17, 15) is 0 Å². The molecule has 1 aliphatic carbocycles. The summed E-state index contributed by atoms with van der Waals surface area (Å²) in [5.41, 5.74) is 0.619. The van der Waals surface area contributed by atoms with E-state index < -0.39 is 0 Å². The molecular weight excluding hydrogens is 264 g/mol. The summed E-state index contributed by atoms with van der Waals surface area (Å²) in [6.07, 6.45) is 5.42. The minimum Gasteiger partial charge on any atom is -0.383 e. The van der Waals surface area contributed by atoms with E-state index in [1.807, 2.05) is 0 Å². The molecule has 4 heteroatoms. The van der Waals surface area contributed by atoms with Crippen molar-refractivity contribution >= 4 is 0 Å². The molecule has 1 rings (SSSR count). The highest BCUT2D eigenvalue weighted by atomic mass is 16.5. The molecule has 21 heavy (non-hydrogen) atoms. The monoisotopic (exact) mass is 300 g/mol. The van der Waals surface area contributed by atoms with Crippen molar-refractivity contribution in [1.82, 2.24) is 10.2 Å². The second kappa shape index (κ2) is 9.09. The molecule has 1 saturated carbocycles. The summed E-state index contributed by atoms with van der Waals surface area (Å²) in [5.74, 6) is 0. The predicted octanol–water partition coefficient (Wildman–Crippen LogP) is 2.53. The minimum absolute atomic E-state index is 0.194. The first kappa shape index (κ1) is 18.9. The van der Waals surface area contributed by atoms with Gasteiger partial charge in [-0.1, -0.05) is 12.8 Å². The molecule has 0 unspecified atom stereocenters. The fourth-order valence-corrected chi connectivity index (χ4v) is 3.15. The van der Waals surface area contributed by atoms with E-state index in [-0.39, 0.29) is 5.54 Å². The highest BCUT2D eigenvalue weighted by Crippen LogP contribution is 2.38. The van der Waals surface area contributed by atoms with Crippen LogP contribution in [0.1, 0.15) is 46.5 Å². The van der Waals surface area contributed by atoms with Crippen LogP contribution in [-0.2, 0) is 9.47 Å². The Morgan fingerprint density at radius 1 is 1.00 bits per heavy atom. The lowest BCUT2D eigenvalue weighted by Gasteiger charge is -2.38. The molecule has 0 bridgehead atoms. The van der Waals surface area contributed by atoms with Gasteiger partial charge in [0.15, 0.2) is 0 Å². The first-order valence-corrected chi connectivity index (χ1v) is 8.36. The largest absolute Gasteiger partial charge is 0.383 e. The molecule has 1 aliphatic rings. The number of nitrogens with one attached hydrogen (secondary N) is 1. The molecule has 0 atom stereocenters. The summed E-state index contributed by atoms with van der Waals surface area (Å²) >= 11 is 0. The van der Waals surface area contributed by atoms with Gasteiger partial charge in [-0.3, -0.25) is 4.90 Å². The first-order valence-electron chi connectivity index (χ1n) is 8.36. The molecule has 0 aromatic rings. The van der Waals surface area contributed by atoms with E-state index in [1.165, 1.54) is 25.7 Å². The highest BCUT2D eigenvalue weighted by molar-refractivity contribution is 4.91. The molecule has 0 aromatic carbocycles. The maximum Gasteiger partial charge on any atom is 0.0589 e. The molecule has 1 fully saturated rings. The molecule has 0 aliphatic heterocycles. The van der Waals surface area contributed by atoms with Crippen molar-refractivity contribution in [3.05, 3.63) is 0 Å². The number of ether oxygens (including phenoxy) is 2. The molecule has 0 heterocycles. The third kappa shape index (κ3) is 7.59. The number of rotatable bonds is 10. The van der Waals surface area contributed by atoms with Gasteiger partial charge in [0.25, 0.3) is 0 Å². The van der Waals surface area contributed by atoms with Gasteiger partial charge in [-0.15, -0.1) is 0 Å². The predicted molar refractivity (Wildman–Crippen MR) is 88.8 cm³/mol. The van der Waals surface area contributed by atoms with Gasteiger partial charge in [-0.2, -0.15) is 0 Å². The van der Waals surface area contributed by atoms with Gasteiger partial charge in [0.05, 0.1) is 13.2 Å². The topological polar surface area (TPSA) is 33.7 Å². The summed E-state index contributed by atoms with van der Waals surface area (Å²) in [6, 6.07) is 0. The van der Waals surface area contributed by atoms with Gasteiger partial charge in [0, 0.05) is 45.9 Å². The number of hydrogen-bond donors (Lipinski definition) is 1. The van der Waals surface area contributed by atoms with Crippen molar-refractivity contribution in [3.63, 3.8) is 0 Å². The van der Waals surface area contributed by atoms with Gasteiger partial charge >= 0.3 is 0 Å². The Hall–Kier alpha value is -0.160. The molecular formula is C17H36N2O2. The molecule has 0 amide bonds. The van der Waals surface area contributed by atoms with Crippen LogP contribution in [0.3, 0.4) is 0 Å². The second-order valence-electron chi connectivity index (χ2n) is 7.57. The van der Waals surface area contributed by atoms with Crippen LogP contribution in [0, 0.1) is 5.41 Å². The third-order valence-electron chi connectivity index (χ3n) is 4.44. The van der Waals surface area contributed by atoms with E-state index in [4.69, 9.17) is 9.47 Å². The molecule has 4 nitrogen and oxygen atoms in total. The second-order valence-corrected chi connectivity index (χ2v) is 7.57. The molecule has 0 aromatic heterocycles. The Labute approximate surface area is 131 Å². The van der Waals surface area contributed by atoms with Crippen molar-refractivity contribution in [2.45, 2.75) is 52.0 Å². The zero-order valence-corrected chi connectivity index (χ0v) is 14.8. The Morgan fingerprint density at radius 3 is 1.95 bits per heavy atom. The molecule has 1 N–H and O–H groups in total. The Morgan fingerprint density at radius 2 is 1.52 bits per heavy atom. The molecule has 126 valence electrons. The molecule has 0 saturated heterocycles. The van der Waals surface area contributed by atoms with Gasteiger partial charge in [0.1, 0.15) is 0 Å². The van der Waals surface area contributed by atoms with Gasteiger partial charge in [-0.05, 0) is 39.0 Å². The summed E-state index contributed by atoms with van der Waals surface area (Å²) in [6.45, 7) is 12.6. The fraction of sp³-hybridized carbons (Fsp3) is 1.00. The summed E-state index contributed by atoms with van der Waals surface area (Å²) in [5, 5.41) is 3.73. The van der Waals surface area contributed by atoms with E-state index in [1.54, 1.807) is 14.2 Å². The van der Waals surface area contributed by atoms with Crippen LogP contribution in [0.15, 0.2) is 0 Å². The minimum atomic E-state index is 0.194. The van der Waals surface area contributed by atoms with Crippen LogP contribution in [0.5, 0.6) is 0 Å². The zero-order valence-electron chi connectivity index (χ0n) is 14.8. The maximum atomic E-state index is 5.27. The molecule has 0 spiro atoms. The zero-order chi connectivity index (χ0) is 15.8. The normalized spacial score (nSPS) is 18.6. The average Bonchev–Trinajstić information content (AvgIpc) is 2.88. The van der Waals surface area contributed by atoms with Crippen LogP contribution in [0.25, 0.3) is 0 Å². The maximum absolute atomic E-state index is 5.27. The van der Waals surface area contributed by atoms with E-state index >= 15 is 0 Å². The van der Waals surface area contributed by atoms with Crippen LogP contribution < -0.4 is 5.32 Å². The van der Waals surface area contributed by atoms with Crippen molar-refractivity contribution in [2.75, 3.05) is 53.6 Å². The Bertz CT molecular complexity index is 262. The van der Waals surface area contributed by atoms with Crippen molar-refractivity contribution in [3.8, 4) is 0 Å². The standard InChI is InChI=1S/C17H36N2O2/c1-16(2,3)18-14-17(8-6-7-9-17)15-19(10-12-20-4)11-13-21-5/h18H,6-15H2,1-5H3. The summed E-state index contributed by atoms with van der Waals surface area (Å²) in [4.78, 5) is 2.52. The fourth-order valence-electron chi connectivity index (χ4n) is 3.15. The van der Waals surface area contributed by atoms with Crippen molar-refractivity contribution < 1.29 is 9.47 Å².